The van der Waals surface area contributed by atoms with Crippen molar-refractivity contribution in [3.63, 3.8) is 0 Å². The van der Waals surface area contributed by atoms with Crippen molar-refractivity contribution < 1.29 is 15.0 Å². The number of aliphatic hydroxyl groups is 1. The number of nitrogens with zero attached hydrogens (tertiary/aromatic N) is 1. The van der Waals surface area contributed by atoms with E-state index in [0.717, 1.165) is 19.5 Å². The second-order valence-corrected chi connectivity index (χ2v) is 5.61. The minimum absolute atomic E-state index is 0.142. The molecule has 5 heteroatoms. The summed E-state index contributed by atoms with van der Waals surface area (Å²) in [5.41, 5.74) is 0. The first-order valence-electron chi connectivity index (χ1n) is 6.99. The fourth-order valence-electron chi connectivity index (χ4n) is 3.10. The number of carboxylic acids is 1. The predicted octanol–water partition coefficient (Wildman–Crippen LogP) is 0.286. The van der Waals surface area contributed by atoms with Gasteiger partial charge in [0, 0.05) is 38.1 Å². The fraction of sp³-hybridized carbons (Fsp3) is 0.923. The van der Waals surface area contributed by atoms with Gasteiger partial charge in [-0.2, -0.15) is 0 Å². The Kier molecular flexibility index (Phi) is 4.97. The van der Waals surface area contributed by atoms with Crippen LogP contribution in [0.25, 0.3) is 0 Å². The van der Waals surface area contributed by atoms with Crippen molar-refractivity contribution in [1.82, 2.24) is 10.2 Å². The maximum absolute atomic E-state index is 10.9. The van der Waals surface area contributed by atoms with E-state index in [1.807, 2.05) is 0 Å². The monoisotopic (exact) mass is 256 g/mol. The standard InChI is InChI=1S/C13H24N2O3/c16-5-4-14-11-6-10(7-13(17)18)8-15(9-11)12-2-1-3-12/h10-12,14,16H,1-9H2,(H,17,18). The Hall–Kier alpha value is -0.650. The van der Waals surface area contributed by atoms with E-state index in [4.69, 9.17) is 10.2 Å². The average Bonchev–Trinajstić information content (AvgIpc) is 2.22. The Morgan fingerprint density at radius 1 is 1.33 bits per heavy atom. The van der Waals surface area contributed by atoms with E-state index in [0.29, 0.717) is 18.6 Å². The molecule has 0 radical (unpaired) electrons. The van der Waals surface area contributed by atoms with Gasteiger partial charge in [-0.05, 0) is 25.2 Å². The molecule has 18 heavy (non-hydrogen) atoms. The Labute approximate surface area is 108 Å². The van der Waals surface area contributed by atoms with Crippen molar-refractivity contribution in [2.75, 3.05) is 26.2 Å². The lowest BCUT2D eigenvalue weighted by atomic mass is 9.85. The SMILES string of the molecule is O=C(O)CC1CC(NCCO)CN(C2CCC2)C1. The summed E-state index contributed by atoms with van der Waals surface area (Å²) in [6, 6.07) is 0.996. The van der Waals surface area contributed by atoms with Gasteiger partial charge in [-0.15, -0.1) is 0 Å². The third kappa shape index (κ3) is 3.67. The minimum atomic E-state index is -0.698. The van der Waals surface area contributed by atoms with Crippen LogP contribution in [0.1, 0.15) is 32.1 Å². The van der Waals surface area contributed by atoms with Gasteiger partial charge >= 0.3 is 5.97 Å². The number of carbonyl (C=O) groups is 1. The highest BCUT2D eigenvalue weighted by molar-refractivity contribution is 5.67. The fourth-order valence-corrected chi connectivity index (χ4v) is 3.10. The molecule has 5 nitrogen and oxygen atoms in total. The molecule has 2 fully saturated rings. The predicted molar refractivity (Wildman–Crippen MR) is 68.4 cm³/mol. The van der Waals surface area contributed by atoms with Crippen LogP contribution in [0.4, 0.5) is 0 Å². The first-order chi connectivity index (χ1) is 8.69. The molecule has 2 rings (SSSR count). The summed E-state index contributed by atoms with van der Waals surface area (Å²) in [7, 11) is 0. The van der Waals surface area contributed by atoms with Crippen LogP contribution in [0.3, 0.4) is 0 Å². The van der Waals surface area contributed by atoms with Gasteiger partial charge in [0.15, 0.2) is 0 Å². The molecule has 0 spiro atoms. The molecule has 1 saturated carbocycles. The maximum atomic E-state index is 10.9. The van der Waals surface area contributed by atoms with Crippen LogP contribution in [0.2, 0.25) is 0 Å². The van der Waals surface area contributed by atoms with Crippen LogP contribution in [-0.2, 0) is 4.79 Å². The Morgan fingerprint density at radius 3 is 2.67 bits per heavy atom. The Balaban J connectivity index is 1.88. The first kappa shape index (κ1) is 13.8. The number of rotatable bonds is 6. The summed E-state index contributed by atoms with van der Waals surface area (Å²) in [5.74, 6) is -0.454. The summed E-state index contributed by atoms with van der Waals surface area (Å²) >= 11 is 0. The molecule has 0 bridgehead atoms. The van der Waals surface area contributed by atoms with Crippen LogP contribution in [0.15, 0.2) is 0 Å². The number of aliphatic hydroxyl groups excluding tert-OH is 1. The van der Waals surface area contributed by atoms with Crippen LogP contribution in [-0.4, -0.2) is 59.4 Å². The highest BCUT2D eigenvalue weighted by atomic mass is 16.4. The van der Waals surface area contributed by atoms with Gasteiger partial charge in [0.25, 0.3) is 0 Å². The smallest absolute Gasteiger partial charge is 0.303 e. The molecule has 1 aliphatic carbocycles. The summed E-state index contributed by atoms with van der Waals surface area (Å²) in [6.45, 7) is 2.67. The van der Waals surface area contributed by atoms with Gasteiger partial charge in [-0.1, -0.05) is 6.42 Å². The lowest BCUT2D eigenvalue weighted by Crippen LogP contribution is -2.54. The van der Waals surface area contributed by atoms with E-state index in [-0.39, 0.29) is 18.9 Å². The van der Waals surface area contributed by atoms with Gasteiger partial charge < -0.3 is 15.5 Å². The quantitative estimate of drug-likeness (QED) is 0.637. The van der Waals surface area contributed by atoms with Crippen molar-refractivity contribution >= 4 is 5.97 Å². The minimum Gasteiger partial charge on any atom is -0.481 e. The van der Waals surface area contributed by atoms with E-state index in [2.05, 4.69) is 10.2 Å². The van der Waals surface area contributed by atoms with Crippen LogP contribution < -0.4 is 5.32 Å². The molecule has 2 atom stereocenters. The van der Waals surface area contributed by atoms with Crippen molar-refractivity contribution in [2.24, 2.45) is 5.92 Å². The van der Waals surface area contributed by atoms with E-state index in [1.54, 1.807) is 0 Å². The lowest BCUT2D eigenvalue weighted by molar-refractivity contribution is -0.138. The van der Waals surface area contributed by atoms with Crippen molar-refractivity contribution in [1.29, 1.82) is 0 Å². The van der Waals surface area contributed by atoms with Gasteiger partial charge in [0.1, 0.15) is 0 Å². The second kappa shape index (κ2) is 6.50. The number of aliphatic carboxylic acids is 1. The zero-order chi connectivity index (χ0) is 13.0. The molecule has 1 saturated heterocycles. The van der Waals surface area contributed by atoms with E-state index < -0.39 is 5.97 Å². The van der Waals surface area contributed by atoms with Crippen molar-refractivity contribution in [2.45, 2.75) is 44.2 Å². The van der Waals surface area contributed by atoms with Crippen LogP contribution in [0, 0.1) is 5.92 Å². The molecule has 2 unspecified atom stereocenters. The first-order valence-corrected chi connectivity index (χ1v) is 6.99. The lowest BCUT2D eigenvalue weighted by Gasteiger charge is -2.45. The zero-order valence-electron chi connectivity index (χ0n) is 10.8. The number of hydrogen-bond donors (Lipinski definition) is 3. The topological polar surface area (TPSA) is 72.8 Å². The van der Waals surface area contributed by atoms with Crippen molar-refractivity contribution in [3.8, 4) is 0 Å². The molecule has 1 aliphatic heterocycles. The molecule has 0 aromatic carbocycles. The van der Waals surface area contributed by atoms with E-state index in [9.17, 15) is 4.79 Å². The van der Waals surface area contributed by atoms with Gasteiger partial charge in [-0.25, -0.2) is 0 Å². The van der Waals surface area contributed by atoms with Gasteiger partial charge in [0.05, 0.1) is 6.61 Å². The molecule has 1 heterocycles. The van der Waals surface area contributed by atoms with Gasteiger partial charge in [-0.3, -0.25) is 9.69 Å². The highest BCUT2D eigenvalue weighted by Crippen LogP contribution is 2.30. The van der Waals surface area contributed by atoms with Crippen molar-refractivity contribution in [3.05, 3.63) is 0 Å². The average molecular weight is 256 g/mol. The van der Waals surface area contributed by atoms with E-state index in [1.165, 1.54) is 19.3 Å². The molecule has 0 aromatic heterocycles. The number of piperidine rings is 1. The van der Waals surface area contributed by atoms with E-state index >= 15 is 0 Å². The largest absolute Gasteiger partial charge is 0.481 e. The third-order valence-corrected chi connectivity index (χ3v) is 4.16. The number of nitrogens with one attached hydrogen (secondary N) is 1. The second-order valence-electron chi connectivity index (χ2n) is 5.61. The Bertz CT molecular complexity index is 281. The molecular weight excluding hydrogens is 232 g/mol. The summed E-state index contributed by atoms with van der Waals surface area (Å²) in [6.07, 6.45) is 4.99. The number of likely N-dealkylation sites (tertiary alicyclic amines) is 1. The molecule has 3 N–H and O–H groups in total. The number of carboxylic acid groups (broad SMARTS) is 1. The van der Waals surface area contributed by atoms with Gasteiger partial charge in [0.2, 0.25) is 0 Å². The van der Waals surface area contributed by atoms with Crippen LogP contribution >= 0.6 is 0 Å². The summed E-state index contributed by atoms with van der Waals surface area (Å²) < 4.78 is 0. The molecule has 0 aromatic rings. The highest BCUT2D eigenvalue weighted by Gasteiger charge is 2.34. The molecule has 2 aliphatic rings. The maximum Gasteiger partial charge on any atom is 0.303 e. The normalized spacial score (nSPS) is 30.1. The molecule has 0 amide bonds. The number of hydrogen-bond acceptors (Lipinski definition) is 4. The zero-order valence-corrected chi connectivity index (χ0v) is 10.8. The molecule has 104 valence electrons. The Morgan fingerprint density at radius 2 is 2.11 bits per heavy atom. The summed E-state index contributed by atoms with van der Waals surface area (Å²) in [4.78, 5) is 13.3. The van der Waals surface area contributed by atoms with Crippen LogP contribution in [0.5, 0.6) is 0 Å². The summed E-state index contributed by atoms with van der Waals surface area (Å²) in [5, 5.41) is 21.1. The third-order valence-electron chi connectivity index (χ3n) is 4.16. The molecular formula is C13H24N2O3.